The van der Waals surface area contributed by atoms with Crippen LogP contribution in [-0.2, 0) is 0 Å². The zero-order chi connectivity index (χ0) is 14.4. The SMILES string of the molecule is CCC(CC)N(CCO)c1ccc(C(=N)N)c(Br)c1. The molecule has 0 radical (unpaired) electrons. The van der Waals surface area contributed by atoms with E-state index in [1.54, 1.807) is 0 Å². The van der Waals surface area contributed by atoms with Crippen molar-refractivity contribution in [3.05, 3.63) is 28.2 Å². The lowest BCUT2D eigenvalue weighted by atomic mass is 10.1. The molecule has 0 unspecified atom stereocenters. The smallest absolute Gasteiger partial charge is 0.123 e. The Morgan fingerprint density at radius 1 is 1.42 bits per heavy atom. The molecule has 1 aromatic carbocycles. The van der Waals surface area contributed by atoms with Crippen LogP contribution in [0.4, 0.5) is 5.69 Å². The number of benzene rings is 1. The Labute approximate surface area is 123 Å². The molecule has 0 aliphatic rings. The molecule has 19 heavy (non-hydrogen) atoms. The van der Waals surface area contributed by atoms with Crippen molar-refractivity contribution in [3.63, 3.8) is 0 Å². The fourth-order valence-electron chi connectivity index (χ4n) is 2.26. The number of halogens is 1. The van der Waals surface area contributed by atoms with Crippen molar-refractivity contribution in [2.45, 2.75) is 32.7 Å². The standard InChI is InChI=1S/C14H22BrN3O/c1-3-10(4-2)18(7-8-19)11-5-6-12(14(16)17)13(15)9-11/h5-6,9-10,19H,3-4,7-8H2,1-2H3,(H3,16,17). The minimum atomic E-state index is 0.0506. The van der Waals surface area contributed by atoms with Crippen molar-refractivity contribution < 1.29 is 5.11 Å². The van der Waals surface area contributed by atoms with E-state index in [2.05, 4.69) is 34.7 Å². The first kappa shape index (κ1) is 16.0. The van der Waals surface area contributed by atoms with Gasteiger partial charge in [-0.1, -0.05) is 13.8 Å². The van der Waals surface area contributed by atoms with Gasteiger partial charge in [0.2, 0.25) is 0 Å². The molecule has 0 spiro atoms. The summed E-state index contributed by atoms with van der Waals surface area (Å²) in [4.78, 5) is 2.20. The maximum absolute atomic E-state index is 9.24. The fraction of sp³-hybridized carbons (Fsp3) is 0.500. The second-order valence-corrected chi connectivity index (χ2v) is 5.32. The van der Waals surface area contributed by atoms with Gasteiger partial charge >= 0.3 is 0 Å². The summed E-state index contributed by atoms with van der Waals surface area (Å²) in [7, 11) is 0. The molecule has 0 bridgehead atoms. The van der Waals surface area contributed by atoms with Crippen LogP contribution in [0.15, 0.2) is 22.7 Å². The minimum Gasteiger partial charge on any atom is -0.395 e. The third-order valence-corrected chi connectivity index (χ3v) is 3.95. The average molecular weight is 328 g/mol. The van der Waals surface area contributed by atoms with Crippen LogP contribution in [0.5, 0.6) is 0 Å². The van der Waals surface area contributed by atoms with E-state index in [9.17, 15) is 5.11 Å². The summed E-state index contributed by atoms with van der Waals surface area (Å²) in [6.07, 6.45) is 2.06. The van der Waals surface area contributed by atoms with Crippen molar-refractivity contribution in [1.82, 2.24) is 0 Å². The summed E-state index contributed by atoms with van der Waals surface area (Å²) in [5, 5.41) is 16.7. The number of aliphatic hydroxyl groups excluding tert-OH is 1. The van der Waals surface area contributed by atoms with E-state index < -0.39 is 0 Å². The molecule has 0 saturated heterocycles. The van der Waals surface area contributed by atoms with Crippen LogP contribution >= 0.6 is 15.9 Å². The minimum absolute atomic E-state index is 0.0506. The quantitative estimate of drug-likeness (QED) is 0.532. The second-order valence-electron chi connectivity index (χ2n) is 4.47. The van der Waals surface area contributed by atoms with Crippen molar-refractivity contribution in [3.8, 4) is 0 Å². The van der Waals surface area contributed by atoms with E-state index in [1.165, 1.54) is 0 Å². The van der Waals surface area contributed by atoms with Gasteiger partial charge in [0.1, 0.15) is 5.84 Å². The predicted molar refractivity (Wildman–Crippen MR) is 84.0 cm³/mol. The molecule has 0 amide bonds. The highest BCUT2D eigenvalue weighted by Crippen LogP contribution is 2.26. The average Bonchev–Trinajstić information content (AvgIpc) is 2.38. The van der Waals surface area contributed by atoms with Crippen LogP contribution in [0.3, 0.4) is 0 Å². The largest absolute Gasteiger partial charge is 0.395 e. The number of nitrogens with two attached hydrogens (primary N) is 1. The molecule has 1 rings (SSSR count). The topological polar surface area (TPSA) is 73.3 Å². The highest BCUT2D eigenvalue weighted by molar-refractivity contribution is 9.10. The van der Waals surface area contributed by atoms with Gasteiger partial charge in [0.15, 0.2) is 0 Å². The molecule has 106 valence electrons. The predicted octanol–water partition coefficient (Wildman–Crippen LogP) is 2.72. The van der Waals surface area contributed by atoms with Crippen LogP contribution in [-0.4, -0.2) is 30.1 Å². The van der Waals surface area contributed by atoms with Crippen LogP contribution in [0.25, 0.3) is 0 Å². The van der Waals surface area contributed by atoms with Gasteiger partial charge in [-0.25, -0.2) is 0 Å². The van der Waals surface area contributed by atoms with E-state index in [0.29, 0.717) is 18.2 Å². The van der Waals surface area contributed by atoms with Gasteiger partial charge in [-0.15, -0.1) is 0 Å². The molecule has 4 nitrogen and oxygen atoms in total. The lowest BCUT2D eigenvalue weighted by molar-refractivity contribution is 0.296. The maximum atomic E-state index is 9.24. The summed E-state index contributed by atoms with van der Waals surface area (Å²) in [6.45, 7) is 5.04. The molecule has 0 heterocycles. The van der Waals surface area contributed by atoms with E-state index in [1.807, 2.05) is 18.2 Å². The first-order valence-corrected chi connectivity index (χ1v) is 7.35. The first-order chi connectivity index (χ1) is 9.04. The molecule has 0 atom stereocenters. The summed E-state index contributed by atoms with van der Waals surface area (Å²) < 4.78 is 0.811. The van der Waals surface area contributed by atoms with Crippen molar-refractivity contribution in [2.75, 3.05) is 18.1 Å². The Kier molecular flexibility index (Phi) is 6.31. The van der Waals surface area contributed by atoms with Gasteiger partial charge in [-0.3, -0.25) is 5.41 Å². The summed E-state index contributed by atoms with van der Waals surface area (Å²) in [5.74, 6) is 0.0506. The van der Waals surface area contributed by atoms with E-state index in [0.717, 1.165) is 23.0 Å². The number of nitrogen functional groups attached to an aromatic ring is 1. The van der Waals surface area contributed by atoms with Crippen molar-refractivity contribution in [1.29, 1.82) is 5.41 Å². The summed E-state index contributed by atoms with van der Waals surface area (Å²) in [5.41, 5.74) is 7.24. The Hall–Kier alpha value is -1.07. The zero-order valence-corrected chi connectivity index (χ0v) is 13.1. The second kappa shape index (κ2) is 7.50. The van der Waals surface area contributed by atoms with Crippen molar-refractivity contribution in [2.24, 2.45) is 5.73 Å². The lowest BCUT2D eigenvalue weighted by Crippen LogP contribution is -2.36. The Balaban J connectivity index is 3.09. The third kappa shape index (κ3) is 3.94. The highest BCUT2D eigenvalue weighted by atomic mass is 79.9. The number of rotatable bonds is 7. The number of anilines is 1. The maximum Gasteiger partial charge on any atom is 0.123 e. The molecule has 5 heteroatoms. The van der Waals surface area contributed by atoms with E-state index >= 15 is 0 Å². The number of aliphatic hydroxyl groups is 1. The molecule has 4 N–H and O–H groups in total. The Bertz CT molecular complexity index is 433. The molecule has 0 aliphatic carbocycles. The van der Waals surface area contributed by atoms with Gasteiger partial charge in [0.05, 0.1) is 6.61 Å². The molecule has 0 saturated carbocycles. The summed E-state index contributed by atoms with van der Waals surface area (Å²) in [6, 6.07) is 6.16. The number of nitrogens with zero attached hydrogens (tertiary/aromatic N) is 1. The van der Waals surface area contributed by atoms with Gasteiger partial charge in [-0.05, 0) is 47.0 Å². The number of nitrogens with one attached hydrogen (secondary N) is 1. The van der Waals surface area contributed by atoms with Crippen LogP contribution < -0.4 is 10.6 Å². The normalized spacial score (nSPS) is 10.8. The molecule has 0 aromatic heterocycles. The van der Waals surface area contributed by atoms with Crippen LogP contribution in [0, 0.1) is 5.41 Å². The van der Waals surface area contributed by atoms with Gasteiger partial charge in [0, 0.05) is 28.3 Å². The first-order valence-electron chi connectivity index (χ1n) is 6.56. The number of hydrogen-bond acceptors (Lipinski definition) is 3. The number of hydrogen-bond donors (Lipinski definition) is 3. The Morgan fingerprint density at radius 2 is 2.05 bits per heavy atom. The van der Waals surface area contributed by atoms with E-state index in [4.69, 9.17) is 11.1 Å². The molecular formula is C14H22BrN3O. The number of amidine groups is 1. The third-order valence-electron chi connectivity index (χ3n) is 3.30. The Morgan fingerprint density at radius 3 is 2.47 bits per heavy atom. The van der Waals surface area contributed by atoms with Crippen LogP contribution in [0.2, 0.25) is 0 Å². The fourth-order valence-corrected chi connectivity index (χ4v) is 2.84. The van der Waals surface area contributed by atoms with Gasteiger partial charge < -0.3 is 15.7 Å². The molecule has 1 aromatic rings. The highest BCUT2D eigenvalue weighted by Gasteiger charge is 2.16. The monoisotopic (exact) mass is 327 g/mol. The molecule has 0 aliphatic heterocycles. The van der Waals surface area contributed by atoms with Gasteiger partial charge in [-0.2, -0.15) is 0 Å². The molecule has 0 fully saturated rings. The molecular weight excluding hydrogens is 306 g/mol. The van der Waals surface area contributed by atoms with Gasteiger partial charge in [0.25, 0.3) is 0 Å². The lowest BCUT2D eigenvalue weighted by Gasteiger charge is -2.32. The zero-order valence-electron chi connectivity index (χ0n) is 11.5. The van der Waals surface area contributed by atoms with Crippen LogP contribution in [0.1, 0.15) is 32.3 Å². The van der Waals surface area contributed by atoms with Crippen molar-refractivity contribution >= 4 is 27.5 Å². The van der Waals surface area contributed by atoms with E-state index in [-0.39, 0.29) is 12.4 Å². The summed E-state index contributed by atoms with van der Waals surface area (Å²) >= 11 is 3.45.